The largest absolute Gasteiger partial charge is 0.497 e. The summed E-state index contributed by atoms with van der Waals surface area (Å²) in [4.78, 5) is 15.2. The van der Waals surface area contributed by atoms with Crippen molar-refractivity contribution in [1.82, 2.24) is 10.2 Å². The molecular formula is C20H32N2O4. The molecule has 1 amide bonds. The molecule has 6 heteroatoms. The Bertz CT molecular complexity index is 569. The molecule has 0 radical (unpaired) electrons. The monoisotopic (exact) mass is 364 g/mol. The third-order valence-corrected chi connectivity index (χ3v) is 5.23. The minimum Gasteiger partial charge on any atom is -0.497 e. The summed E-state index contributed by atoms with van der Waals surface area (Å²) in [5.41, 5.74) is 0.526. The molecule has 1 aromatic carbocycles. The Morgan fingerprint density at radius 2 is 1.88 bits per heavy atom. The Morgan fingerprint density at radius 3 is 2.46 bits per heavy atom. The molecule has 0 saturated carbocycles. The quantitative estimate of drug-likeness (QED) is 0.730. The van der Waals surface area contributed by atoms with E-state index in [-0.39, 0.29) is 5.91 Å². The number of carbonyl (C=O) groups is 1. The maximum Gasteiger partial charge on any atom is 0.255 e. The van der Waals surface area contributed by atoms with Crippen molar-refractivity contribution in [2.24, 2.45) is 5.92 Å². The van der Waals surface area contributed by atoms with Crippen molar-refractivity contribution in [3.8, 4) is 11.5 Å². The van der Waals surface area contributed by atoms with Gasteiger partial charge in [-0.1, -0.05) is 26.7 Å². The molecule has 1 aromatic rings. The zero-order valence-electron chi connectivity index (χ0n) is 16.4. The van der Waals surface area contributed by atoms with E-state index in [2.05, 4.69) is 24.1 Å². The second kappa shape index (κ2) is 10.4. The number of hydrogen-bond acceptors (Lipinski definition) is 5. The van der Waals surface area contributed by atoms with Crippen molar-refractivity contribution in [3.05, 3.63) is 23.8 Å². The van der Waals surface area contributed by atoms with Crippen LogP contribution in [-0.4, -0.2) is 63.9 Å². The van der Waals surface area contributed by atoms with Gasteiger partial charge in [-0.15, -0.1) is 0 Å². The topological polar surface area (TPSA) is 60.0 Å². The zero-order valence-corrected chi connectivity index (χ0v) is 16.4. The fourth-order valence-corrected chi connectivity index (χ4v) is 3.61. The normalized spacial score (nSPS) is 16.3. The van der Waals surface area contributed by atoms with Gasteiger partial charge in [-0.05, 0) is 18.1 Å². The van der Waals surface area contributed by atoms with Gasteiger partial charge in [0.1, 0.15) is 11.5 Å². The summed E-state index contributed by atoms with van der Waals surface area (Å²) in [7, 11) is 3.16. The molecular weight excluding hydrogens is 332 g/mol. The molecule has 0 bridgehead atoms. The Morgan fingerprint density at radius 1 is 1.19 bits per heavy atom. The first-order valence-electron chi connectivity index (χ1n) is 9.46. The summed E-state index contributed by atoms with van der Waals surface area (Å²) >= 11 is 0. The van der Waals surface area contributed by atoms with Crippen LogP contribution in [0.15, 0.2) is 18.2 Å². The molecule has 0 spiro atoms. The number of rotatable bonds is 9. The lowest BCUT2D eigenvalue weighted by Crippen LogP contribution is -2.52. The summed E-state index contributed by atoms with van der Waals surface area (Å²) < 4.78 is 16.0. The molecule has 1 aliphatic heterocycles. The van der Waals surface area contributed by atoms with Crippen molar-refractivity contribution < 1.29 is 19.0 Å². The molecule has 6 nitrogen and oxygen atoms in total. The van der Waals surface area contributed by atoms with Crippen LogP contribution in [0.1, 0.15) is 37.0 Å². The predicted molar refractivity (Wildman–Crippen MR) is 102 cm³/mol. The van der Waals surface area contributed by atoms with Crippen molar-refractivity contribution in [2.45, 2.75) is 32.7 Å². The van der Waals surface area contributed by atoms with Gasteiger partial charge in [0.2, 0.25) is 0 Å². The number of carbonyl (C=O) groups excluding carboxylic acids is 1. The summed E-state index contributed by atoms with van der Waals surface area (Å²) in [6, 6.07) is 5.57. The molecule has 1 unspecified atom stereocenters. The molecule has 1 N–H and O–H groups in total. The highest BCUT2D eigenvalue weighted by atomic mass is 16.5. The van der Waals surface area contributed by atoms with E-state index in [9.17, 15) is 4.79 Å². The third kappa shape index (κ3) is 5.11. The van der Waals surface area contributed by atoms with E-state index in [4.69, 9.17) is 14.2 Å². The highest BCUT2D eigenvalue weighted by Gasteiger charge is 2.27. The molecule has 0 aromatic heterocycles. The number of methoxy groups -OCH3 is 2. The van der Waals surface area contributed by atoms with E-state index >= 15 is 0 Å². The minimum absolute atomic E-state index is 0.117. The smallest absolute Gasteiger partial charge is 0.255 e. The lowest BCUT2D eigenvalue weighted by molar-refractivity contribution is 0.00191. The first-order chi connectivity index (χ1) is 12.6. The number of nitrogens with one attached hydrogen (secondary N) is 1. The second-order valence-electron chi connectivity index (χ2n) is 6.57. The van der Waals surface area contributed by atoms with Gasteiger partial charge in [-0.2, -0.15) is 0 Å². The van der Waals surface area contributed by atoms with Gasteiger partial charge in [0.25, 0.3) is 5.91 Å². The second-order valence-corrected chi connectivity index (χ2v) is 6.57. The lowest BCUT2D eigenvalue weighted by atomic mass is 9.92. The minimum atomic E-state index is -0.117. The molecule has 146 valence electrons. The molecule has 2 rings (SSSR count). The Labute approximate surface area is 156 Å². The molecule has 1 atom stereocenters. The lowest BCUT2D eigenvalue weighted by Gasteiger charge is -2.38. The number of morpholine rings is 1. The zero-order chi connectivity index (χ0) is 18.9. The fraction of sp³-hybridized carbons (Fsp3) is 0.650. The summed E-state index contributed by atoms with van der Waals surface area (Å²) in [5.74, 6) is 1.62. The van der Waals surface area contributed by atoms with Crippen LogP contribution in [0, 0.1) is 5.92 Å². The first-order valence-corrected chi connectivity index (χ1v) is 9.46. The number of ether oxygens (including phenoxy) is 3. The molecule has 1 saturated heterocycles. The van der Waals surface area contributed by atoms with Gasteiger partial charge < -0.3 is 19.5 Å². The molecule has 26 heavy (non-hydrogen) atoms. The van der Waals surface area contributed by atoms with Crippen LogP contribution in [-0.2, 0) is 4.74 Å². The van der Waals surface area contributed by atoms with Crippen molar-refractivity contribution in [2.75, 3.05) is 47.1 Å². The Kier molecular flexibility index (Phi) is 8.19. The Balaban J connectivity index is 2.08. The number of amides is 1. The van der Waals surface area contributed by atoms with Crippen molar-refractivity contribution in [3.63, 3.8) is 0 Å². The Hall–Kier alpha value is -1.79. The summed E-state index contributed by atoms with van der Waals surface area (Å²) in [5, 5.41) is 3.12. The summed E-state index contributed by atoms with van der Waals surface area (Å²) in [6.07, 6.45) is 2.19. The number of nitrogens with zero attached hydrogens (tertiary/aromatic N) is 1. The van der Waals surface area contributed by atoms with Gasteiger partial charge in [0.15, 0.2) is 0 Å². The van der Waals surface area contributed by atoms with Crippen LogP contribution in [0.3, 0.4) is 0 Å². The maximum atomic E-state index is 12.7. The number of hydrogen-bond donors (Lipinski definition) is 1. The van der Waals surface area contributed by atoms with Gasteiger partial charge in [-0.25, -0.2) is 0 Å². The standard InChI is InChI=1S/C20H32N2O4/c1-5-15(6-2)18(22-9-11-26-12-10-22)14-21-20(23)17-8-7-16(24-3)13-19(17)25-4/h7-8,13,15,18H,5-6,9-12,14H2,1-4H3,(H,21,23). The van der Waals surface area contributed by atoms with E-state index in [1.165, 1.54) is 0 Å². The van der Waals surface area contributed by atoms with E-state index < -0.39 is 0 Å². The van der Waals surface area contributed by atoms with Crippen LogP contribution >= 0.6 is 0 Å². The highest BCUT2D eigenvalue weighted by molar-refractivity contribution is 5.97. The van der Waals surface area contributed by atoms with Crippen LogP contribution in [0.25, 0.3) is 0 Å². The number of benzene rings is 1. The molecule has 1 fully saturated rings. The van der Waals surface area contributed by atoms with E-state index in [0.717, 1.165) is 39.1 Å². The van der Waals surface area contributed by atoms with Gasteiger partial charge in [0.05, 0.1) is 33.0 Å². The van der Waals surface area contributed by atoms with E-state index in [1.54, 1.807) is 32.4 Å². The highest BCUT2D eigenvalue weighted by Crippen LogP contribution is 2.25. The van der Waals surface area contributed by atoms with Crippen LogP contribution in [0.4, 0.5) is 0 Å². The SMILES string of the molecule is CCC(CC)C(CNC(=O)c1ccc(OC)cc1OC)N1CCOCC1. The molecule has 1 aliphatic rings. The fourth-order valence-electron chi connectivity index (χ4n) is 3.61. The predicted octanol–water partition coefficient (Wildman–Crippen LogP) is 2.57. The average molecular weight is 364 g/mol. The van der Waals surface area contributed by atoms with Crippen LogP contribution < -0.4 is 14.8 Å². The van der Waals surface area contributed by atoms with E-state index in [1.807, 2.05) is 0 Å². The average Bonchev–Trinajstić information content (AvgIpc) is 2.70. The van der Waals surface area contributed by atoms with Gasteiger partial charge >= 0.3 is 0 Å². The maximum absolute atomic E-state index is 12.7. The van der Waals surface area contributed by atoms with Crippen molar-refractivity contribution >= 4 is 5.91 Å². The van der Waals surface area contributed by atoms with Crippen molar-refractivity contribution in [1.29, 1.82) is 0 Å². The van der Waals surface area contributed by atoms with Crippen LogP contribution in [0.2, 0.25) is 0 Å². The van der Waals surface area contributed by atoms with Gasteiger partial charge in [0, 0.05) is 31.7 Å². The third-order valence-electron chi connectivity index (χ3n) is 5.23. The molecule has 0 aliphatic carbocycles. The first kappa shape index (κ1) is 20.5. The van der Waals surface area contributed by atoms with E-state index in [0.29, 0.717) is 35.6 Å². The summed E-state index contributed by atoms with van der Waals surface area (Å²) in [6.45, 7) is 8.42. The van der Waals surface area contributed by atoms with Gasteiger partial charge in [-0.3, -0.25) is 9.69 Å². The van der Waals surface area contributed by atoms with Crippen LogP contribution in [0.5, 0.6) is 11.5 Å². The molecule has 1 heterocycles.